The molecule has 0 aliphatic carbocycles. The molecule has 3 nitrogen and oxygen atoms in total. The Balaban J connectivity index is 1.95. The molecule has 106 valence electrons. The van der Waals surface area contributed by atoms with Gasteiger partial charge in [-0.25, -0.2) is 4.39 Å². The van der Waals surface area contributed by atoms with Crippen molar-refractivity contribution in [2.24, 2.45) is 0 Å². The molecule has 4 heteroatoms. The number of hydrogen-bond acceptors (Lipinski definition) is 3. The lowest BCUT2D eigenvalue weighted by molar-refractivity contribution is 0.170. The molecular formula is C16H19FN2O. The molecule has 2 aromatic rings. The van der Waals surface area contributed by atoms with Crippen LogP contribution in [0.2, 0.25) is 0 Å². The average Bonchev–Trinajstić information content (AvgIpc) is 2.48. The number of rotatable bonds is 5. The molecular weight excluding hydrogens is 255 g/mol. The van der Waals surface area contributed by atoms with E-state index in [0.29, 0.717) is 18.5 Å². The van der Waals surface area contributed by atoms with Gasteiger partial charge in [-0.3, -0.25) is 0 Å². The van der Waals surface area contributed by atoms with Crippen molar-refractivity contribution in [3.63, 3.8) is 0 Å². The Hall–Kier alpha value is -2.07. The Bertz CT molecular complexity index is 560. The van der Waals surface area contributed by atoms with E-state index in [9.17, 15) is 9.50 Å². The van der Waals surface area contributed by atoms with Crippen LogP contribution < -0.4 is 10.6 Å². The van der Waals surface area contributed by atoms with Crippen LogP contribution in [0.25, 0.3) is 0 Å². The van der Waals surface area contributed by atoms with E-state index < -0.39 is 11.9 Å². The normalized spacial score (nSPS) is 12.2. The van der Waals surface area contributed by atoms with Crippen molar-refractivity contribution in [3.05, 3.63) is 59.9 Å². The predicted octanol–water partition coefficient (Wildman–Crippen LogP) is 2.97. The van der Waals surface area contributed by atoms with Crippen LogP contribution in [0.3, 0.4) is 0 Å². The van der Waals surface area contributed by atoms with Crippen molar-refractivity contribution < 1.29 is 9.50 Å². The summed E-state index contributed by atoms with van der Waals surface area (Å²) in [5.41, 5.74) is 7.32. The van der Waals surface area contributed by atoms with Gasteiger partial charge in [0.15, 0.2) is 0 Å². The molecule has 0 amide bonds. The van der Waals surface area contributed by atoms with Crippen LogP contribution in [0.1, 0.15) is 18.1 Å². The summed E-state index contributed by atoms with van der Waals surface area (Å²) >= 11 is 0. The smallest absolute Gasteiger partial charge is 0.146 e. The molecule has 0 spiro atoms. The van der Waals surface area contributed by atoms with Gasteiger partial charge in [-0.2, -0.15) is 0 Å². The Morgan fingerprint density at radius 1 is 1.20 bits per heavy atom. The fraction of sp³-hybridized carbons (Fsp3) is 0.250. The van der Waals surface area contributed by atoms with Crippen LogP contribution in [0.5, 0.6) is 0 Å². The molecule has 0 aromatic heterocycles. The largest absolute Gasteiger partial charge is 0.396 e. The third kappa shape index (κ3) is 3.48. The molecule has 1 unspecified atom stereocenters. The standard InChI is InChI=1S/C16H19FN2O/c1-19(13-5-3-2-4-6-13)10-9-16(20)12-7-8-14(17)15(18)11-12/h2-8,11,16,20H,9-10,18H2,1H3. The number of anilines is 2. The Kier molecular flexibility index (Phi) is 4.58. The highest BCUT2D eigenvalue weighted by Gasteiger charge is 2.11. The second-order valence-electron chi connectivity index (χ2n) is 4.84. The molecule has 0 saturated carbocycles. The molecule has 20 heavy (non-hydrogen) atoms. The molecule has 0 aliphatic heterocycles. The zero-order valence-corrected chi connectivity index (χ0v) is 11.5. The highest BCUT2D eigenvalue weighted by Crippen LogP contribution is 2.22. The molecule has 2 aromatic carbocycles. The van der Waals surface area contributed by atoms with Crippen LogP contribution in [-0.4, -0.2) is 18.7 Å². The van der Waals surface area contributed by atoms with Gasteiger partial charge >= 0.3 is 0 Å². The summed E-state index contributed by atoms with van der Waals surface area (Å²) < 4.78 is 13.1. The minimum atomic E-state index is -0.649. The van der Waals surface area contributed by atoms with Crippen LogP contribution >= 0.6 is 0 Å². The fourth-order valence-corrected chi connectivity index (χ4v) is 2.06. The lowest BCUT2D eigenvalue weighted by Crippen LogP contribution is -2.20. The van der Waals surface area contributed by atoms with Crippen molar-refractivity contribution in [1.82, 2.24) is 0 Å². The third-order valence-electron chi connectivity index (χ3n) is 3.34. The summed E-state index contributed by atoms with van der Waals surface area (Å²) in [7, 11) is 1.97. The lowest BCUT2D eigenvalue weighted by atomic mass is 10.1. The van der Waals surface area contributed by atoms with Gasteiger partial charge in [0.2, 0.25) is 0 Å². The fourth-order valence-electron chi connectivity index (χ4n) is 2.06. The van der Waals surface area contributed by atoms with Crippen molar-refractivity contribution in [1.29, 1.82) is 0 Å². The molecule has 1 atom stereocenters. The van der Waals surface area contributed by atoms with E-state index in [2.05, 4.69) is 4.90 Å². The van der Waals surface area contributed by atoms with Crippen LogP contribution in [0.15, 0.2) is 48.5 Å². The maximum atomic E-state index is 13.1. The SMILES string of the molecule is CN(CCC(O)c1ccc(F)c(N)c1)c1ccccc1. The number of hydrogen-bond donors (Lipinski definition) is 2. The number of benzene rings is 2. The Morgan fingerprint density at radius 2 is 1.90 bits per heavy atom. The molecule has 0 radical (unpaired) electrons. The molecule has 0 bridgehead atoms. The summed E-state index contributed by atoms with van der Waals surface area (Å²) in [4.78, 5) is 2.07. The molecule has 2 rings (SSSR count). The topological polar surface area (TPSA) is 49.5 Å². The Morgan fingerprint density at radius 3 is 2.55 bits per heavy atom. The van der Waals surface area contributed by atoms with E-state index in [1.807, 2.05) is 37.4 Å². The second kappa shape index (κ2) is 6.39. The zero-order valence-electron chi connectivity index (χ0n) is 11.5. The number of nitrogens with two attached hydrogens (primary N) is 1. The molecule has 0 saturated heterocycles. The maximum Gasteiger partial charge on any atom is 0.146 e. The first-order valence-electron chi connectivity index (χ1n) is 6.57. The van der Waals surface area contributed by atoms with E-state index in [-0.39, 0.29) is 5.69 Å². The summed E-state index contributed by atoms with van der Waals surface area (Å²) in [6.07, 6.45) is -0.0970. The third-order valence-corrected chi connectivity index (χ3v) is 3.34. The first-order chi connectivity index (χ1) is 9.58. The summed E-state index contributed by atoms with van der Waals surface area (Å²) in [5.74, 6) is -0.456. The van der Waals surface area contributed by atoms with E-state index in [1.54, 1.807) is 6.07 Å². The molecule has 0 aliphatic rings. The monoisotopic (exact) mass is 274 g/mol. The second-order valence-corrected chi connectivity index (χ2v) is 4.84. The van der Waals surface area contributed by atoms with E-state index >= 15 is 0 Å². The van der Waals surface area contributed by atoms with E-state index in [1.165, 1.54) is 12.1 Å². The van der Waals surface area contributed by atoms with Gasteiger partial charge in [-0.15, -0.1) is 0 Å². The van der Waals surface area contributed by atoms with Crippen LogP contribution in [0, 0.1) is 5.82 Å². The molecule has 0 fully saturated rings. The van der Waals surface area contributed by atoms with Gasteiger partial charge in [-0.05, 0) is 36.2 Å². The maximum absolute atomic E-state index is 13.1. The highest BCUT2D eigenvalue weighted by atomic mass is 19.1. The van der Waals surface area contributed by atoms with Gasteiger partial charge in [0.05, 0.1) is 11.8 Å². The highest BCUT2D eigenvalue weighted by molar-refractivity contribution is 5.45. The van der Waals surface area contributed by atoms with Gasteiger partial charge in [0.25, 0.3) is 0 Å². The predicted molar refractivity (Wildman–Crippen MR) is 80.1 cm³/mol. The van der Waals surface area contributed by atoms with Crippen molar-refractivity contribution in [2.45, 2.75) is 12.5 Å². The first kappa shape index (κ1) is 14.3. The number of nitrogens with zero attached hydrogens (tertiary/aromatic N) is 1. The van der Waals surface area contributed by atoms with Gasteiger partial charge < -0.3 is 15.7 Å². The number of nitrogen functional groups attached to an aromatic ring is 1. The Labute approximate surface area is 118 Å². The van der Waals surface area contributed by atoms with Crippen molar-refractivity contribution in [2.75, 3.05) is 24.2 Å². The average molecular weight is 274 g/mol. The summed E-state index contributed by atoms with van der Waals surface area (Å²) in [5, 5.41) is 10.1. The quantitative estimate of drug-likeness (QED) is 0.824. The van der Waals surface area contributed by atoms with Gasteiger partial charge in [0.1, 0.15) is 5.82 Å². The van der Waals surface area contributed by atoms with E-state index in [4.69, 9.17) is 5.73 Å². The van der Waals surface area contributed by atoms with Crippen molar-refractivity contribution in [3.8, 4) is 0 Å². The number of halogens is 1. The van der Waals surface area contributed by atoms with Crippen LogP contribution in [0.4, 0.5) is 15.8 Å². The van der Waals surface area contributed by atoms with Crippen molar-refractivity contribution >= 4 is 11.4 Å². The lowest BCUT2D eigenvalue weighted by Gasteiger charge is -2.21. The van der Waals surface area contributed by atoms with Gasteiger partial charge in [0, 0.05) is 19.3 Å². The van der Waals surface area contributed by atoms with Gasteiger partial charge in [-0.1, -0.05) is 24.3 Å². The minimum Gasteiger partial charge on any atom is -0.396 e. The minimum absolute atomic E-state index is 0.0676. The van der Waals surface area contributed by atoms with Crippen LogP contribution in [-0.2, 0) is 0 Å². The molecule has 3 N–H and O–H groups in total. The number of aliphatic hydroxyl groups is 1. The summed E-state index contributed by atoms with van der Waals surface area (Å²) in [6.45, 7) is 0.697. The van der Waals surface area contributed by atoms with E-state index in [0.717, 1.165) is 5.69 Å². The summed E-state index contributed by atoms with van der Waals surface area (Å²) in [6, 6.07) is 14.3. The number of para-hydroxylation sites is 1. The molecule has 0 heterocycles. The number of aliphatic hydroxyl groups excluding tert-OH is 1. The first-order valence-corrected chi connectivity index (χ1v) is 6.57. The zero-order chi connectivity index (χ0) is 14.5.